The molecule has 88 heavy (non-hydrogen) atoms. The summed E-state index contributed by atoms with van der Waals surface area (Å²) >= 11 is 36.4. The van der Waals surface area contributed by atoms with Gasteiger partial charge in [0.15, 0.2) is 0 Å². The average molecular weight is 1310 g/mol. The summed E-state index contributed by atoms with van der Waals surface area (Å²) in [5, 5.41) is 58.2. The van der Waals surface area contributed by atoms with Gasteiger partial charge in [0, 0.05) is 46.8 Å². The number of aliphatic carboxylic acids is 3. The Morgan fingerprint density at radius 1 is 0.307 bits per heavy atom. The highest BCUT2D eigenvalue weighted by Crippen LogP contribution is 2.35. The van der Waals surface area contributed by atoms with E-state index >= 15 is 0 Å². The highest BCUT2D eigenvalue weighted by molar-refractivity contribution is 6.32. The van der Waals surface area contributed by atoms with Crippen molar-refractivity contribution in [1.29, 1.82) is 0 Å². The molecule has 18 nitrogen and oxygen atoms in total. The summed E-state index contributed by atoms with van der Waals surface area (Å²) < 4.78 is 17.5. The maximum absolute atomic E-state index is 11.8. The smallest absolute Gasteiger partial charge is 0.349 e. The Hall–Kier alpha value is -9.27. The summed E-state index contributed by atoms with van der Waals surface area (Å²) in [6, 6.07) is 56.1. The maximum Gasteiger partial charge on any atom is 0.349 e. The van der Waals surface area contributed by atoms with E-state index in [0.717, 1.165) is 0 Å². The molecule has 0 amide bonds. The minimum Gasteiger partial charge on any atom is -0.478 e. The normalized spacial score (nSPS) is 11.5. The summed E-state index contributed by atoms with van der Waals surface area (Å²) in [7, 11) is 0. The number of carboxylic acids is 3. The van der Waals surface area contributed by atoms with Gasteiger partial charge in [-0.25, -0.2) is 14.4 Å². The van der Waals surface area contributed by atoms with Crippen LogP contribution in [0.15, 0.2) is 200 Å². The van der Waals surface area contributed by atoms with Gasteiger partial charge in [-0.3, -0.25) is 0 Å². The monoisotopic (exact) mass is 1300 g/mol. The van der Waals surface area contributed by atoms with Crippen molar-refractivity contribution in [1.82, 2.24) is 45.0 Å². The van der Waals surface area contributed by atoms with Crippen LogP contribution in [0.2, 0.25) is 30.1 Å². The number of ether oxygens (including phenoxy) is 3. The van der Waals surface area contributed by atoms with Crippen molar-refractivity contribution in [2.75, 3.05) is 0 Å². The Balaban J connectivity index is 0.000000206. The third-order valence-corrected chi connectivity index (χ3v) is 13.5. The number of aromatic nitrogens is 9. The van der Waals surface area contributed by atoms with Crippen molar-refractivity contribution >= 4 is 121 Å². The second-order valence-electron chi connectivity index (χ2n) is 17.9. The second-order valence-corrected chi connectivity index (χ2v) is 20.6. The average Bonchev–Trinajstić information content (AvgIpc) is 3.76. The first kappa shape index (κ1) is 67.9. The minimum absolute atomic E-state index is 0. The van der Waals surface area contributed by atoms with Gasteiger partial charge in [0.05, 0.1) is 0 Å². The molecule has 0 aliphatic carbocycles. The zero-order chi connectivity index (χ0) is 59.0. The first-order valence-corrected chi connectivity index (χ1v) is 27.1. The Labute approximate surface area is 535 Å². The Morgan fingerprint density at radius 3 is 0.727 bits per heavy atom. The lowest BCUT2D eigenvalue weighted by Crippen LogP contribution is -2.19. The molecule has 3 unspecified atom stereocenters. The predicted molar refractivity (Wildman–Crippen MR) is 346 cm³/mol. The molecule has 3 aromatic heterocycles. The third kappa shape index (κ3) is 16.2. The third-order valence-electron chi connectivity index (χ3n) is 12.1. The lowest BCUT2D eigenvalue weighted by Gasteiger charge is -2.18. The van der Waals surface area contributed by atoms with Gasteiger partial charge >= 0.3 is 17.9 Å². The molecule has 3 N–H and O–H groups in total. The summed E-state index contributed by atoms with van der Waals surface area (Å²) in [5.74, 6) is -2.63. The van der Waals surface area contributed by atoms with E-state index in [1.54, 1.807) is 127 Å². The Morgan fingerprint density at radius 2 is 0.523 bits per heavy atom. The molecule has 3 heterocycles. The van der Waals surface area contributed by atoms with Gasteiger partial charge in [0.25, 0.3) is 0 Å². The van der Waals surface area contributed by atoms with Crippen molar-refractivity contribution in [3.8, 4) is 34.3 Å². The van der Waals surface area contributed by atoms with Crippen LogP contribution >= 0.6 is 69.6 Å². The van der Waals surface area contributed by atoms with Crippen LogP contribution in [-0.2, 0) is 14.4 Å². The van der Waals surface area contributed by atoms with Gasteiger partial charge in [-0.1, -0.05) is 172 Å². The van der Waals surface area contributed by atoms with Crippen LogP contribution in [-0.4, -0.2) is 78.2 Å². The molecule has 9 aromatic carbocycles. The number of carbonyl (C=O) groups is 3. The highest BCUT2D eigenvalue weighted by atomic mass is 35.5. The summed E-state index contributed by atoms with van der Waals surface area (Å²) in [6.07, 6.45) is -3.78. The van der Waals surface area contributed by atoms with Crippen molar-refractivity contribution in [2.45, 2.75) is 48.0 Å². The molecule has 0 saturated heterocycles. The van der Waals surface area contributed by atoms with Crippen LogP contribution in [0, 0.1) is 0 Å². The number of hydrogen-bond donors (Lipinski definition) is 3. The molecule has 3 atom stereocenters. The van der Waals surface area contributed by atoms with Crippen LogP contribution in [0.1, 0.15) is 64.7 Å². The van der Waals surface area contributed by atoms with Crippen molar-refractivity contribution < 1.29 is 43.9 Å². The van der Waals surface area contributed by atoms with Crippen molar-refractivity contribution in [3.05, 3.63) is 247 Å². The lowest BCUT2D eigenvalue weighted by molar-refractivity contribution is -0.146. The van der Waals surface area contributed by atoms with E-state index in [2.05, 4.69) is 30.6 Å². The van der Waals surface area contributed by atoms with Gasteiger partial charge in [0.2, 0.25) is 18.3 Å². The number of nitrogens with zero attached hydrogens (tertiary/aromatic N) is 9. The predicted octanol–water partition coefficient (Wildman–Crippen LogP) is 17.3. The number of fused-ring (bicyclic) bond motifs is 3. The first-order chi connectivity index (χ1) is 40.5. The van der Waals surface area contributed by atoms with E-state index in [4.69, 9.17) is 83.8 Å². The molecular weight excluding hydrogens is 1250 g/mol. The second kappa shape index (κ2) is 30.4. The number of rotatable bonds is 15. The molecule has 0 radical (unpaired) electrons. The topological polar surface area (TPSA) is 232 Å². The summed E-state index contributed by atoms with van der Waals surface area (Å²) in [4.78, 5) is 39.7. The molecular formula is C64H55Cl6N9O9. The summed E-state index contributed by atoms with van der Waals surface area (Å²) in [6.45, 7) is 0. The first-order valence-electron chi connectivity index (χ1n) is 24.8. The van der Waals surface area contributed by atoms with Crippen molar-refractivity contribution in [3.63, 3.8) is 0 Å². The van der Waals surface area contributed by atoms with E-state index in [-0.39, 0.29) is 47.0 Å². The Bertz CT molecular complexity index is 3870. The molecule has 0 bridgehead atoms. The van der Waals surface area contributed by atoms with Crippen LogP contribution in [0.4, 0.5) is 0 Å². The number of carboxylic acid groups (broad SMARTS) is 3. The Kier molecular flexibility index (Phi) is 23.4. The molecule has 0 aliphatic rings. The number of hydrogen-bond acceptors (Lipinski definition) is 12. The molecule has 0 saturated carbocycles. The number of halogens is 6. The fourth-order valence-electron chi connectivity index (χ4n) is 8.31. The fourth-order valence-corrected chi connectivity index (χ4v) is 9.41. The van der Waals surface area contributed by atoms with E-state index in [1.165, 1.54) is 14.4 Å². The van der Waals surface area contributed by atoms with Crippen LogP contribution in [0.25, 0.3) is 50.2 Å². The van der Waals surface area contributed by atoms with E-state index in [9.17, 15) is 29.7 Å². The zero-order valence-electron chi connectivity index (χ0n) is 42.9. The fraction of sp³-hybridized carbons (Fsp3) is 0.109. The molecule has 24 heteroatoms. The largest absolute Gasteiger partial charge is 0.478 e. The lowest BCUT2D eigenvalue weighted by atomic mass is 10.1. The quantitative estimate of drug-likeness (QED) is 0.0866. The van der Waals surface area contributed by atoms with E-state index in [0.29, 0.717) is 97.0 Å². The van der Waals surface area contributed by atoms with E-state index in [1.807, 2.05) is 72.8 Å². The van der Waals surface area contributed by atoms with Gasteiger partial charge < -0.3 is 29.5 Å². The van der Waals surface area contributed by atoms with Crippen LogP contribution in [0.5, 0.6) is 17.2 Å². The van der Waals surface area contributed by atoms with Crippen LogP contribution < -0.4 is 14.2 Å². The van der Waals surface area contributed by atoms with E-state index < -0.39 is 36.2 Å². The summed E-state index contributed by atoms with van der Waals surface area (Å²) in [5.41, 5.74) is 6.69. The molecule has 12 aromatic rings. The van der Waals surface area contributed by atoms with Crippen molar-refractivity contribution in [2.24, 2.45) is 0 Å². The standard InChI is InChI=1S/3C20H13Cl2N3O3.4CH4/c3*21-13-5-3-4-12(10-13)19(20(26)27)28-18-9-8-14(22)11-17(18)25-23-15-6-1-2-7-16(15)24-25;;;;/h3*1-11,19H,(H,26,27);4*1H4. The van der Waals surface area contributed by atoms with Gasteiger partial charge in [0.1, 0.15) is 67.4 Å². The van der Waals surface area contributed by atoms with Crippen LogP contribution in [0.3, 0.4) is 0 Å². The molecule has 0 spiro atoms. The minimum atomic E-state index is -1.26. The molecule has 12 rings (SSSR count). The van der Waals surface area contributed by atoms with Gasteiger partial charge in [-0.15, -0.1) is 45.0 Å². The maximum atomic E-state index is 11.8. The zero-order valence-corrected chi connectivity index (χ0v) is 47.4. The van der Waals surface area contributed by atoms with Gasteiger partial charge in [-0.05, 0) is 127 Å². The molecule has 0 aliphatic heterocycles. The highest BCUT2D eigenvalue weighted by Gasteiger charge is 2.28. The SMILES string of the molecule is C.C.C.C.O=C(O)C(Oc1ccc(Cl)cc1-n1nc2ccccc2n1)c1cccc(Cl)c1.O=C(O)C(Oc1ccc(Cl)cc1-n1nc2ccccc2n1)c1cccc(Cl)c1.O=C(O)C(Oc1ccc(Cl)cc1-n1nc2ccccc2n1)c1cccc(Cl)c1. The number of benzene rings is 9. The molecule has 0 fully saturated rings. The van der Waals surface area contributed by atoms with Gasteiger partial charge in [-0.2, -0.15) is 0 Å². The molecule has 452 valence electrons.